The summed E-state index contributed by atoms with van der Waals surface area (Å²) in [5, 5.41) is 8.58. The molecule has 0 unspecified atom stereocenters. The molecule has 0 aliphatic carbocycles. The lowest BCUT2D eigenvalue weighted by atomic mass is 10.2. The van der Waals surface area contributed by atoms with Gasteiger partial charge in [0.05, 0.1) is 5.69 Å². The third-order valence-corrected chi connectivity index (χ3v) is 3.86. The van der Waals surface area contributed by atoms with E-state index in [1.54, 1.807) is 6.07 Å². The van der Waals surface area contributed by atoms with Crippen LogP contribution in [-0.2, 0) is 10.0 Å². The number of aromatic nitrogens is 1. The molecule has 3 N–H and O–H groups in total. The van der Waals surface area contributed by atoms with Crippen LogP contribution in [0.1, 0.15) is 5.69 Å². The molecule has 6 nitrogen and oxygen atoms in total. The third-order valence-electron chi connectivity index (χ3n) is 2.52. The summed E-state index contributed by atoms with van der Waals surface area (Å²) >= 11 is 0. The lowest BCUT2D eigenvalue weighted by Crippen LogP contribution is -2.16. The van der Waals surface area contributed by atoms with E-state index in [-0.39, 0.29) is 16.3 Å². The number of hydrogen-bond acceptors (Lipinski definition) is 5. The van der Waals surface area contributed by atoms with Gasteiger partial charge in [0.15, 0.2) is 11.6 Å². The number of halogens is 2. The monoisotopic (exact) mass is 310 g/mol. The number of sulfonamides is 1. The first kappa shape index (κ1) is 14.7. The van der Waals surface area contributed by atoms with Gasteiger partial charge in [0, 0.05) is 6.20 Å². The third kappa shape index (κ3) is 2.90. The Morgan fingerprint density at radius 2 is 1.95 bits per heavy atom. The van der Waals surface area contributed by atoms with Gasteiger partial charge in [0.1, 0.15) is 22.3 Å². The zero-order chi connectivity index (χ0) is 15.6. The fourth-order valence-electron chi connectivity index (χ4n) is 1.47. The van der Waals surface area contributed by atoms with E-state index in [1.807, 2.05) is 4.72 Å². The SMILES string of the molecule is N#Cc1ccc(S(=O)(=O)Nc2c(N)ccc(F)c2F)cn1. The van der Waals surface area contributed by atoms with Gasteiger partial charge in [-0.05, 0) is 24.3 Å². The molecule has 0 fully saturated rings. The highest BCUT2D eigenvalue weighted by Crippen LogP contribution is 2.27. The topological polar surface area (TPSA) is 109 Å². The Bertz CT molecular complexity index is 830. The van der Waals surface area contributed by atoms with Crippen molar-refractivity contribution in [3.05, 3.63) is 47.8 Å². The van der Waals surface area contributed by atoms with Crippen LogP contribution in [0.5, 0.6) is 0 Å². The maximum Gasteiger partial charge on any atom is 0.263 e. The molecule has 0 amide bonds. The number of nitrogen functional groups attached to an aromatic ring is 1. The van der Waals surface area contributed by atoms with Gasteiger partial charge in [-0.15, -0.1) is 0 Å². The molecule has 1 heterocycles. The highest BCUT2D eigenvalue weighted by Gasteiger charge is 2.20. The van der Waals surface area contributed by atoms with E-state index in [9.17, 15) is 17.2 Å². The van der Waals surface area contributed by atoms with Gasteiger partial charge < -0.3 is 5.73 Å². The van der Waals surface area contributed by atoms with Gasteiger partial charge in [0.2, 0.25) is 0 Å². The number of pyridine rings is 1. The largest absolute Gasteiger partial charge is 0.397 e. The summed E-state index contributed by atoms with van der Waals surface area (Å²) < 4.78 is 52.6. The summed E-state index contributed by atoms with van der Waals surface area (Å²) in [5.74, 6) is -2.64. The number of nitriles is 1. The highest BCUT2D eigenvalue weighted by molar-refractivity contribution is 7.92. The lowest BCUT2D eigenvalue weighted by molar-refractivity contribution is 0.512. The van der Waals surface area contributed by atoms with Crippen molar-refractivity contribution in [2.75, 3.05) is 10.5 Å². The molecule has 0 atom stereocenters. The predicted octanol–water partition coefficient (Wildman–Crippen LogP) is 1.61. The summed E-state index contributed by atoms with van der Waals surface area (Å²) in [5.41, 5.74) is 4.50. The van der Waals surface area contributed by atoms with Gasteiger partial charge in [-0.1, -0.05) is 0 Å². The molecule has 0 spiro atoms. The van der Waals surface area contributed by atoms with Crippen molar-refractivity contribution in [2.45, 2.75) is 4.90 Å². The standard InChI is InChI=1S/C12H8F2N4O2S/c13-9-3-4-10(16)12(11(9)14)18-21(19,20)8-2-1-7(5-15)17-6-8/h1-4,6,18H,16H2. The minimum atomic E-state index is -4.21. The number of nitrogens with two attached hydrogens (primary N) is 1. The van der Waals surface area contributed by atoms with Crippen molar-refractivity contribution in [1.82, 2.24) is 4.98 Å². The first-order valence-corrected chi connectivity index (χ1v) is 6.96. The average molecular weight is 310 g/mol. The maximum absolute atomic E-state index is 13.6. The minimum Gasteiger partial charge on any atom is -0.397 e. The molecular weight excluding hydrogens is 302 g/mol. The molecule has 1 aromatic carbocycles. The van der Waals surface area contributed by atoms with Gasteiger partial charge in [-0.3, -0.25) is 4.72 Å². The van der Waals surface area contributed by atoms with Crippen LogP contribution in [0.3, 0.4) is 0 Å². The Hall–Kier alpha value is -2.73. The molecule has 0 bridgehead atoms. The van der Waals surface area contributed by atoms with E-state index >= 15 is 0 Å². The van der Waals surface area contributed by atoms with E-state index in [4.69, 9.17) is 11.0 Å². The second kappa shape index (κ2) is 5.34. The molecular formula is C12H8F2N4O2S. The molecule has 2 rings (SSSR count). The van der Waals surface area contributed by atoms with Crippen LogP contribution in [0.15, 0.2) is 35.4 Å². The lowest BCUT2D eigenvalue weighted by Gasteiger charge is -2.11. The van der Waals surface area contributed by atoms with Gasteiger partial charge in [-0.25, -0.2) is 22.2 Å². The van der Waals surface area contributed by atoms with Crippen LogP contribution >= 0.6 is 0 Å². The molecule has 0 saturated carbocycles. The summed E-state index contributed by atoms with van der Waals surface area (Å²) in [7, 11) is -4.21. The first-order valence-electron chi connectivity index (χ1n) is 5.47. The van der Waals surface area contributed by atoms with Crippen LogP contribution in [0.4, 0.5) is 20.2 Å². The van der Waals surface area contributed by atoms with Crippen molar-refractivity contribution < 1.29 is 17.2 Å². The Morgan fingerprint density at radius 1 is 1.24 bits per heavy atom. The average Bonchev–Trinajstić information content (AvgIpc) is 2.48. The molecule has 0 saturated heterocycles. The van der Waals surface area contributed by atoms with E-state index < -0.39 is 27.3 Å². The maximum atomic E-state index is 13.6. The molecule has 21 heavy (non-hydrogen) atoms. The van der Waals surface area contributed by atoms with Crippen molar-refractivity contribution >= 4 is 21.4 Å². The number of benzene rings is 1. The number of anilines is 2. The molecule has 108 valence electrons. The Morgan fingerprint density at radius 3 is 2.52 bits per heavy atom. The Balaban J connectivity index is 2.42. The van der Waals surface area contributed by atoms with Crippen LogP contribution in [-0.4, -0.2) is 13.4 Å². The van der Waals surface area contributed by atoms with Crippen molar-refractivity contribution in [3.8, 4) is 6.07 Å². The molecule has 0 aliphatic heterocycles. The summed E-state index contributed by atoms with van der Waals surface area (Å²) in [6.07, 6.45) is 0.925. The number of nitrogens with one attached hydrogen (secondary N) is 1. The quantitative estimate of drug-likeness (QED) is 0.837. The first-order chi connectivity index (χ1) is 9.85. The second-order valence-electron chi connectivity index (χ2n) is 3.92. The fourth-order valence-corrected chi connectivity index (χ4v) is 2.50. The number of rotatable bonds is 3. The zero-order valence-electron chi connectivity index (χ0n) is 10.3. The zero-order valence-corrected chi connectivity index (χ0v) is 11.2. The van der Waals surface area contributed by atoms with Crippen molar-refractivity contribution in [2.24, 2.45) is 0 Å². The highest BCUT2D eigenvalue weighted by atomic mass is 32.2. The second-order valence-corrected chi connectivity index (χ2v) is 5.60. The number of nitrogens with zero attached hydrogens (tertiary/aromatic N) is 2. The molecule has 0 radical (unpaired) electrons. The van der Waals surface area contributed by atoms with E-state index in [1.165, 1.54) is 6.07 Å². The van der Waals surface area contributed by atoms with Gasteiger partial charge in [0.25, 0.3) is 10.0 Å². The van der Waals surface area contributed by atoms with Crippen LogP contribution < -0.4 is 10.5 Å². The van der Waals surface area contributed by atoms with Crippen LogP contribution in [0, 0.1) is 23.0 Å². The molecule has 0 aliphatic rings. The summed E-state index contributed by atoms with van der Waals surface area (Å²) in [6, 6.07) is 5.84. The Labute approximate surface area is 118 Å². The predicted molar refractivity (Wildman–Crippen MR) is 70.5 cm³/mol. The van der Waals surface area contributed by atoms with E-state index in [0.717, 1.165) is 24.4 Å². The van der Waals surface area contributed by atoms with E-state index in [2.05, 4.69) is 4.98 Å². The summed E-state index contributed by atoms with van der Waals surface area (Å²) in [4.78, 5) is 3.27. The van der Waals surface area contributed by atoms with E-state index in [0.29, 0.717) is 0 Å². The van der Waals surface area contributed by atoms with Crippen LogP contribution in [0.25, 0.3) is 0 Å². The minimum absolute atomic E-state index is 0.0189. The Kier molecular flexibility index (Phi) is 3.73. The molecule has 9 heteroatoms. The normalized spacial score (nSPS) is 10.9. The van der Waals surface area contributed by atoms with Gasteiger partial charge >= 0.3 is 0 Å². The fraction of sp³-hybridized carbons (Fsp3) is 0. The van der Waals surface area contributed by atoms with Crippen molar-refractivity contribution in [3.63, 3.8) is 0 Å². The van der Waals surface area contributed by atoms with Crippen molar-refractivity contribution in [1.29, 1.82) is 5.26 Å². The molecule has 2 aromatic rings. The number of hydrogen-bond donors (Lipinski definition) is 2. The summed E-state index contributed by atoms with van der Waals surface area (Å²) in [6.45, 7) is 0. The smallest absolute Gasteiger partial charge is 0.263 e. The van der Waals surface area contributed by atoms with Crippen LogP contribution in [0.2, 0.25) is 0 Å². The van der Waals surface area contributed by atoms with Gasteiger partial charge in [-0.2, -0.15) is 5.26 Å². The molecule has 1 aromatic heterocycles.